The third-order valence-corrected chi connectivity index (χ3v) is 6.44. The average Bonchev–Trinajstić information content (AvgIpc) is 3.43. The van der Waals surface area contributed by atoms with Crippen LogP contribution in [0.5, 0.6) is 11.5 Å². The topological polar surface area (TPSA) is 56.6 Å². The number of carbonyl (C=O) groups excluding carboxylic acids is 1. The zero-order valence-electron chi connectivity index (χ0n) is 19.6. The van der Waals surface area contributed by atoms with Gasteiger partial charge in [0.05, 0.1) is 24.8 Å². The molecule has 1 aliphatic rings. The largest absolute Gasteiger partial charge is 0.497 e. The number of benzene rings is 3. The highest BCUT2D eigenvalue weighted by Gasteiger charge is 2.34. The van der Waals surface area contributed by atoms with Crippen LogP contribution in [0.2, 0.25) is 0 Å². The zero-order chi connectivity index (χ0) is 23.5. The van der Waals surface area contributed by atoms with Gasteiger partial charge in [0.1, 0.15) is 17.3 Å². The van der Waals surface area contributed by atoms with Gasteiger partial charge in [-0.05, 0) is 61.4 Å². The van der Waals surface area contributed by atoms with Gasteiger partial charge in [-0.3, -0.25) is 4.79 Å². The van der Waals surface area contributed by atoms with Gasteiger partial charge in [-0.25, -0.2) is 4.98 Å². The number of anilines is 1. The Hall–Kier alpha value is -3.80. The molecule has 34 heavy (non-hydrogen) atoms. The molecule has 1 unspecified atom stereocenters. The van der Waals surface area contributed by atoms with Crippen molar-refractivity contribution < 1.29 is 14.3 Å². The normalized spacial score (nSPS) is 15.8. The maximum absolute atomic E-state index is 12.9. The average molecular weight is 456 g/mol. The van der Waals surface area contributed by atoms with Crippen LogP contribution >= 0.6 is 0 Å². The molecule has 174 valence electrons. The molecule has 1 aromatic heterocycles. The number of amides is 1. The lowest BCUT2D eigenvalue weighted by molar-refractivity contribution is -0.117. The summed E-state index contributed by atoms with van der Waals surface area (Å²) in [6, 6.07) is 23.9. The summed E-state index contributed by atoms with van der Waals surface area (Å²) in [4.78, 5) is 19.7. The van der Waals surface area contributed by atoms with Gasteiger partial charge in [0.15, 0.2) is 0 Å². The maximum atomic E-state index is 12.9. The first-order valence-corrected chi connectivity index (χ1v) is 11.7. The van der Waals surface area contributed by atoms with Crippen LogP contribution in [-0.4, -0.2) is 35.7 Å². The Morgan fingerprint density at radius 2 is 1.76 bits per heavy atom. The summed E-state index contributed by atoms with van der Waals surface area (Å²) in [5.41, 5.74) is 4.10. The van der Waals surface area contributed by atoms with Gasteiger partial charge >= 0.3 is 0 Å². The van der Waals surface area contributed by atoms with Gasteiger partial charge in [-0.15, -0.1) is 0 Å². The Labute approximate surface area is 199 Å². The molecule has 5 rings (SSSR count). The number of rotatable bonds is 8. The second-order valence-corrected chi connectivity index (χ2v) is 8.68. The molecule has 0 aliphatic carbocycles. The molecule has 0 bridgehead atoms. The lowest BCUT2D eigenvalue weighted by atomic mass is 10.1. The minimum Gasteiger partial charge on any atom is -0.497 e. The Bertz CT molecular complexity index is 1300. The number of ether oxygens (including phenoxy) is 2. The van der Waals surface area contributed by atoms with E-state index in [0.717, 1.165) is 52.6 Å². The minimum atomic E-state index is 0.0410. The fraction of sp³-hybridized carbons (Fsp3) is 0.286. The molecule has 6 nitrogen and oxygen atoms in total. The monoisotopic (exact) mass is 455 g/mol. The molecule has 1 saturated heterocycles. The van der Waals surface area contributed by atoms with Crippen molar-refractivity contribution in [3.05, 3.63) is 84.2 Å². The molecule has 0 spiro atoms. The molecule has 1 fully saturated rings. The molecule has 2 heterocycles. The van der Waals surface area contributed by atoms with E-state index in [4.69, 9.17) is 14.5 Å². The SMILES string of the molecule is COc1ccc(N2CC(c3nc4ccccc4n3CCCOc3ccccc3C)CC2=O)cc1. The van der Waals surface area contributed by atoms with Crippen LogP contribution in [0.25, 0.3) is 11.0 Å². The van der Waals surface area contributed by atoms with E-state index in [1.165, 1.54) is 0 Å². The number of hydrogen-bond acceptors (Lipinski definition) is 4. The van der Waals surface area contributed by atoms with E-state index in [1.807, 2.05) is 65.6 Å². The number of methoxy groups -OCH3 is 1. The van der Waals surface area contributed by atoms with E-state index < -0.39 is 0 Å². The molecular formula is C28H29N3O3. The number of imidazole rings is 1. The number of aryl methyl sites for hydroxylation is 2. The molecular weight excluding hydrogens is 426 g/mol. The van der Waals surface area contributed by atoms with Crippen LogP contribution in [0, 0.1) is 6.92 Å². The lowest BCUT2D eigenvalue weighted by Gasteiger charge is -2.18. The molecule has 0 N–H and O–H groups in total. The van der Waals surface area contributed by atoms with Gasteiger partial charge < -0.3 is 18.9 Å². The van der Waals surface area contributed by atoms with E-state index in [1.54, 1.807) is 7.11 Å². The van der Waals surface area contributed by atoms with Crippen LogP contribution in [-0.2, 0) is 11.3 Å². The molecule has 4 aromatic rings. The summed E-state index contributed by atoms with van der Waals surface area (Å²) >= 11 is 0. The number of nitrogens with zero attached hydrogens (tertiary/aromatic N) is 3. The van der Waals surface area contributed by atoms with Crippen molar-refractivity contribution >= 4 is 22.6 Å². The quantitative estimate of drug-likeness (QED) is 0.337. The predicted octanol–water partition coefficient (Wildman–Crippen LogP) is 5.34. The maximum Gasteiger partial charge on any atom is 0.227 e. The van der Waals surface area contributed by atoms with Crippen LogP contribution in [0.15, 0.2) is 72.8 Å². The third-order valence-electron chi connectivity index (χ3n) is 6.44. The number of carbonyl (C=O) groups is 1. The Morgan fingerprint density at radius 1 is 1.00 bits per heavy atom. The number of para-hydroxylation sites is 3. The van der Waals surface area contributed by atoms with Crippen molar-refractivity contribution in [1.29, 1.82) is 0 Å². The van der Waals surface area contributed by atoms with Crippen molar-refractivity contribution in [1.82, 2.24) is 9.55 Å². The highest BCUT2D eigenvalue weighted by atomic mass is 16.5. The summed E-state index contributed by atoms with van der Waals surface area (Å²) in [6.07, 6.45) is 1.31. The van der Waals surface area contributed by atoms with Gasteiger partial charge in [-0.2, -0.15) is 0 Å². The molecule has 3 aromatic carbocycles. The Kier molecular flexibility index (Phi) is 6.21. The van der Waals surface area contributed by atoms with E-state index in [9.17, 15) is 4.79 Å². The second kappa shape index (κ2) is 9.59. The van der Waals surface area contributed by atoms with E-state index in [-0.39, 0.29) is 11.8 Å². The van der Waals surface area contributed by atoms with Gasteiger partial charge in [-0.1, -0.05) is 30.3 Å². The molecule has 1 aliphatic heterocycles. The second-order valence-electron chi connectivity index (χ2n) is 8.68. The van der Waals surface area contributed by atoms with Crippen LogP contribution in [0.1, 0.15) is 30.1 Å². The van der Waals surface area contributed by atoms with Crippen LogP contribution in [0.4, 0.5) is 5.69 Å². The zero-order valence-corrected chi connectivity index (χ0v) is 19.6. The van der Waals surface area contributed by atoms with E-state index >= 15 is 0 Å². The standard InChI is InChI=1S/C28H29N3O3/c1-20-8-3-6-11-26(20)34-17-7-16-30-25-10-5-4-9-24(25)29-28(30)21-18-27(32)31(19-21)22-12-14-23(33-2)15-13-22/h3-6,8-15,21H,7,16-19H2,1-2H3. The Morgan fingerprint density at radius 3 is 2.56 bits per heavy atom. The highest BCUT2D eigenvalue weighted by molar-refractivity contribution is 5.96. The summed E-state index contributed by atoms with van der Waals surface area (Å²) in [5.74, 6) is 2.84. The van der Waals surface area contributed by atoms with Crippen LogP contribution < -0.4 is 14.4 Å². The van der Waals surface area contributed by atoms with E-state index in [0.29, 0.717) is 19.6 Å². The van der Waals surface area contributed by atoms with Gasteiger partial charge in [0.2, 0.25) is 5.91 Å². The molecule has 0 radical (unpaired) electrons. The minimum absolute atomic E-state index is 0.0410. The van der Waals surface area contributed by atoms with Crippen molar-refractivity contribution in [3.8, 4) is 11.5 Å². The fourth-order valence-electron chi connectivity index (χ4n) is 4.66. The highest BCUT2D eigenvalue weighted by Crippen LogP contribution is 2.34. The van der Waals surface area contributed by atoms with Gasteiger partial charge in [0, 0.05) is 31.1 Å². The number of hydrogen-bond donors (Lipinski definition) is 0. The first-order chi connectivity index (χ1) is 16.6. The van der Waals surface area contributed by atoms with Crippen molar-refractivity contribution in [2.24, 2.45) is 0 Å². The van der Waals surface area contributed by atoms with Crippen LogP contribution in [0.3, 0.4) is 0 Å². The lowest BCUT2D eigenvalue weighted by Crippen LogP contribution is -2.24. The molecule has 1 amide bonds. The first-order valence-electron chi connectivity index (χ1n) is 11.7. The smallest absolute Gasteiger partial charge is 0.227 e. The molecule has 1 atom stereocenters. The number of fused-ring (bicyclic) bond motifs is 1. The van der Waals surface area contributed by atoms with Crippen molar-refractivity contribution in [2.75, 3.05) is 25.2 Å². The molecule has 6 heteroatoms. The summed E-state index contributed by atoms with van der Waals surface area (Å²) in [6.45, 7) is 4.09. The van der Waals surface area contributed by atoms with E-state index in [2.05, 4.69) is 23.6 Å². The summed E-state index contributed by atoms with van der Waals surface area (Å²) < 4.78 is 13.5. The van der Waals surface area contributed by atoms with Crippen molar-refractivity contribution in [2.45, 2.75) is 32.2 Å². The predicted molar refractivity (Wildman–Crippen MR) is 134 cm³/mol. The summed E-state index contributed by atoms with van der Waals surface area (Å²) in [5, 5.41) is 0. The van der Waals surface area contributed by atoms with Gasteiger partial charge in [0.25, 0.3) is 0 Å². The first kappa shape index (κ1) is 22.0. The Balaban J connectivity index is 1.34. The number of aromatic nitrogens is 2. The van der Waals surface area contributed by atoms with Crippen molar-refractivity contribution in [3.63, 3.8) is 0 Å². The fourth-order valence-corrected chi connectivity index (χ4v) is 4.66. The molecule has 0 saturated carbocycles. The third kappa shape index (κ3) is 4.36. The summed E-state index contributed by atoms with van der Waals surface area (Å²) in [7, 11) is 1.64.